The number of hydrogen-bond donors (Lipinski definition) is 3. The Bertz CT molecular complexity index is 31.3. The van der Waals surface area contributed by atoms with E-state index in [0.717, 1.165) is 0 Å². The Kier molecular flexibility index (Phi) is 67.2. The van der Waals surface area contributed by atoms with Crippen LogP contribution >= 0.6 is 17.2 Å². The molecule has 6 nitrogen and oxygen atoms in total. The third-order valence-electron chi connectivity index (χ3n) is 0. The molecule has 0 aliphatic rings. The minimum absolute atomic E-state index is 0. The van der Waals surface area contributed by atoms with Crippen LogP contribution < -0.4 is 169 Å². The predicted octanol–water partition coefficient (Wildman–Crippen LogP) is -12.5. The number of rotatable bonds is 0. The normalized spacial score (nSPS) is 6.55. The summed E-state index contributed by atoms with van der Waals surface area (Å²) >= 11 is 0. The van der Waals surface area contributed by atoms with E-state index in [4.69, 9.17) is 29.4 Å². The zero-order valence-electron chi connectivity index (χ0n) is 6.46. The maximum absolute atomic E-state index is 8.48. The monoisotopic (exact) mass is 278 g/mol. The van der Waals surface area contributed by atoms with Crippen molar-refractivity contribution in [1.82, 2.24) is 0 Å². The van der Waals surface area contributed by atoms with Crippen LogP contribution in [0.4, 0.5) is 0 Å². The van der Waals surface area contributed by atoms with Gasteiger partial charge in [-0.25, -0.2) is 0 Å². The molecule has 0 spiro atoms. The Balaban J connectivity index is -0.0000000171. The maximum atomic E-state index is 8.48. The van der Waals surface area contributed by atoms with Crippen molar-refractivity contribution in [3.8, 4) is 0 Å². The fourth-order valence-electron chi connectivity index (χ4n) is 0. The third-order valence-corrected chi connectivity index (χ3v) is 0. The second-order valence-electron chi connectivity index (χ2n) is 0.492. The van der Waals surface area contributed by atoms with E-state index in [1.54, 1.807) is 0 Å². The Hall–Kier alpha value is 5.53. The Morgan fingerprint density at radius 3 is 0.727 bits per heavy atom. The quantitative estimate of drug-likeness (QED) is 0.298. The standard InChI is InChI=1S/3K.H3O3P.O3P/c;;;2*1-4(2)3/h;;;1-3H;/q3*+1;;-3. The van der Waals surface area contributed by atoms with Gasteiger partial charge in [0.25, 0.3) is 0 Å². The van der Waals surface area contributed by atoms with Gasteiger partial charge in [-0.1, -0.05) is 0 Å². The second-order valence-corrected chi connectivity index (χ2v) is 1.48. The fourth-order valence-corrected chi connectivity index (χ4v) is 0. The molecular weight excluding hydrogens is 275 g/mol. The van der Waals surface area contributed by atoms with E-state index >= 15 is 0 Å². The maximum Gasteiger partial charge on any atom is 1.00 e. The number of hydrogen-bond acceptors (Lipinski definition) is 6. The Morgan fingerprint density at radius 1 is 0.727 bits per heavy atom. The van der Waals surface area contributed by atoms with Crippen LogP contribution in [0.2, 0.25) is 0 Å². The summed E-state index contributed by atoms with van der Waals surface area (Å²) in [5, 5.41) is 0. The molecule has 0 radical (unpaired) electrons. The Morgan fingerprint density at radius 2 is 0.727 bits per heavy atom. The molecule has 0 rings (SSSR count). The van der Waals surface area contributed by atoms with E-state index in [1.165, 1.54) is 0 Å². The van der Waals surface area contributed by atoms with E-state index in [0.29, 0.717) is 0 Å². The summed E-state index contributed by atoms with van der Waals surface area (Å²) in [6.07, 6.45) is 0. The van der Waals surface area contributed by atoms with Gasteiger partial charge in [-0.15, -0.1) is 0 Å². The first kappa shape index (κ1) is 30.0. The summed E-state index contributed by atoms with van der Waals surface area (Å²) in [7, 11) is -5.99. The van der Waals surface area contributed by atoms with Gasteiger partial charge in [-0.05, 0) is 0 Å². The second kappa shape index (κ2) is 24.7. The first-order valence-corrected chi connectivity index (χ1v) is 3.44. The van der Waals surface area contributed by atoms with Crippen molar-refractivity contribution in [3.05, 3.63) is 0 Å². The minimum atomic E-state index is -3.37. The summed E-state index contributed by atoms with van der Waals surface area (Å²) in [5.41, 5.74) is 0. The van der Waals surface area contributed by atoms with Crippen molar-refractivity contribution in [1.29, 1.82) is 0 Å². The summed E-state index contributed by atoms with van der Waals surface area (Å²) in [6.45, 7) is 0. The molecule has 11 heavy (non-hydrogen) atoms. The van der Waals surface area contributed by atoms with Gasteiger partial charge in [-0.3, -0.25) is 0 Å². The van der Waals surface area contributed by atoms with Crippen LogP contribution in [0.15, 0.2) is 0 Å². The van der Waals surface area contributed by atoms with Crippen LogP contribution in [0.5, 0.6) is 0 Å². The first-order valence-electron chi connectivity index (χ1n) is 1.15. The summed E-state index contributed by atoms with van der Waals surface area (Å²) in [6, 6.07) is 0. The van der Waals surface area contributed by atoms with Gasteiger partial charge in [0.2, 0.25) is 0 Å². The van der Waals surface area contributed by atoms with Crippen LogP contribution in [0.3, 0.4) is 0 Å². The molecule has 11 heteroatoms. The Labute approximate surface area is 194 Å². The van der Waals surface area contributed by atoms with Gasteiger partial charge >= 0.3 is 163 Å². The molecule has 0 amide bonds. The average molecular weight is 278 g/mol. The smallest absolute Gasteiger partial charge is 0.854 e. The van der Waals surface area contributed by atoms with Crippen molar-refractivity contribution >= 4 is 17.2 Å². The van der Waals surface area contributed by atoms with E-state index < -0.39 is 17.2 Å². The molecule has 0 aliphatic carbocycles. The van der Waals surface area contributed by atoms with Crippen molar-refractivity contribution in [2.75, 3.05) is 0 Å². The van der Waals surface area contributed by atoms with Crippen molar-refractivity contribution in [3.63, 3.8) is 0 Å². The minimum Gasteiger partial charge on any atom is -0.854 e. The molecule has 52 valence electrons. The van der Waals surface area contributed by atoms with Crippen LogP contribution in [0, 0.1) is 0 Å². The van der Waals surface area contributed by atoms with Crippen LogP contribution in [-0.4, -0.2) is 14.7 Å². The van der Waals surface area contributed by atoms with Gasteiger partial charge in [0.1, 0.15) is 0 Å². The van der Waals surface area contributed by atoms with Gasteiger partial charge < -0.3 is 38.0 Å². The van der Waals surface area contributed by atoms with Crippen molar-refractivity contribution in [2.24, 2.45) is 0 Å². The molecule has 0 aromatic rings. The molecular formula is H3K3O6P2. The molecule has 0 heterocycles. The predicted molar refractivity (Wildman–Crippen MR) is 20.5 cm³/mol. The van der Waals surface area contributed by atoms with Crippen LogP contribution in [0.1, 0.15) is 0 Å². The summed E-state index contributed by atoms with van der Waals surface area (Å²) < 4.78 is 0. The van der Waals surface area contributed by atoms with E-state index in [9.17, 15) is 0 Å². The summed E-state index contributed by atoms with van der Waals surface area (Å²) in [4.78, 5) is 47.1. The van der Waals surface area contributed by atoms with Crippen molar-refractivity contribution < 1.29 is 184 Å². The zero-order valence-corrected chi connectivity index (χ0v) is 17.6. The third kappa shape index (κ3) is 93.0. The van der Waals surface area contributed by atoms with Gasteiger partial charge in [-0.2, -0.15) is 0 Å². The molecule has 3 N–H and O–H groups in total. The molecule has 0 aliphatic heterocycles. The molecule has 0 atom stereocenters. The zero-order chi connectivity index (χ0) is 7.15. The average Bonchev–Trinajstić information content (AvgIpc) is 1.25. The van der Waals surface area contributed by atoms with E-state index in [-0.39, 0.29) is 154 Å². The van der Waals surface area contributed by atoms with E-state index in [1.807, 2.05) is 0 Å². The van der Waals surface area contributed by atoms with Gasteiger partial charge in [0.15, 0.2) is 0 Å². The molecule has 0 bridgehead atoms. The van der Waals surface area contributed by atoms with Crippen molar-refractivity contribution in [2.45, 2.75) is 0 Å². The largest absolute Gasteiger partial charge is 1.00 e. The fraction of sp³-hybridized carbons (Fsp3) is 0. The molecule has 0 aromatic carbocycles. The van der Waals surface area contributed by atoms with Gasteiger partial charge in [0.05, 0.1) is 0 Å². The molecule has 0 saturated heterocycles. The molecule has 0 aromatic heterocycles. The summed E-state index contributed by atoms with van der Waals surface area (Å²) in [5.74, 6) is 0. The van der Waals surface area contributed by atoms with Gasteiger partial charge in [0, 0.05) is 0 Å². The van der Waals surface area contributed by atoms with E-state index in [2.05, 4.69) is 0 Å². The topological polar surface area (TPSA) is 130 Å². The van der Waals surface area contributed by atoms with Crippen LogP contribution in [0.25, 0.3) is 0 Å². The molecule has 0 fully saturated rings. The SMILES string of the molecule is OP(O)O.[K+].[K+].[K+].[O-]P([O-])[O-]. The molecule has 0 unspecified atom stereocenters. The van der Waals surface area contributed by atoms with Crippen LogP contribution in [-0.2, 0) is 0 Å². The molecule has 0 saturated carbocycles. The first-order chi connectivity index (χ1) is 3.46.